The molecule has 2 amide bonds. The summed E-state index contributed by atoms with van der Waals surface area (Å²) >= 11 is 0. The third-order valence-electron chi connectivity index (χ3n) is 7.43. The Labute approximate surface area is 215 Å². The van der Waals surface area contributed by atoms with E-state index in [0.29, 0.717) is 19.6 Å². The van der Waals surface area contributed by atoms with Gasteiger partial charge in [-0.15, -0.1) is 0 Å². The number of piperazine rings is 1. The van der Waals surface area contributed by atoms with Gasteiger partial charge in [-0.1, -0.05) is 12.1 Å². The molecule has 37 heavy (non-hydrogen) atoms. The molecule has 0 radical (unpaired) electrons. The molecule has 2 aliphatic rings. The zero-order valence-corrected chi connectivity index (χ0v) is 20.9. The summed E-state index contributed by atoms with van der Waals surface area (Å²) < 4.78 is 3.49. The summed E-state index contributed by atoms with van der Waals surface area (Å²) in [5, 5.41) is 4.17. The van der Waals surface area contributed by atoms with E-state index < -0.39 is 0 Å². The highest BCUT2D eigenvalue weighted by atomic mass is 16.2. The Hall–Kier alpha value is -4.21. The standard InChI is InChI=1S/C27H30N8O2/c1-20-15-31(13-14-35(20)26(37)17-33-19-29-23-6-3-9-28-27(23)33)24-7-2-5-21-8-12-32(16-22(21)24)25(36)18-34-11-4-10-30-34/h2-7,9-11,19-20H,8,12-18H2,1H3/t20-/m1/s1. The van der Waals surface area contributed by atoms with Gasteiger partial charge in [0.25, 0.3) is 0 Å². The van der Waals surface area contributed by atoms with Gasteiger partial charge in [0.15, 0.2) is 5.65 Å². The minimum absolute atomic E-state index is 0.0565. The lowest BCUT2D eigenvalue weighted by Crippen LogP contribution is -2.55. The topological polar surface area (TPSA) is 92.4 Å². The number of carbonyl (C=O) groups is 2. The molecule has 1 atom stereocenters. The van der Waals surface area contributed by atoms with Gasteiger partial charge in [-0.05, 0) is 48.7 Å². The molecule has 6 rings (SSSR count). The fourth-order valence-corrected chi connectivity index (χ4v) is 5.50. The second-order valence-corrected chi connectivity index (χ2v) is 9.78. The van der Waals surface area contributed by atoms with Crippen LogP contribution in [-0.2, 0) is 35.6 Å². The predicted molar refractivity (Wildman–Crippen MR) is 139 cm³/mol. The molecule has 0 spiro atoms. The Kier molecular flexibility index (Phi) is 6.07. The van der Waals surface area contributed by atoms with Crippen LogP contribution in [0.1, 0.15) is 18.1 Å². The van der Waals surface area contributed by atoms with Crippen LogP contribution in [0.4, 0.5) is 5.69 Å². The Morgan fingerprint density at radius 2 is 1.89 bits per heavy atom. The number of carbonyl (C=O) groups excluding carboxylic acids is 2. The average molecular weight is 499 g/mol. The van der Waals surface area contributed by atoms with Crippen LogP contribution in [0.3, 0.4) is 0 Å². The molecule has 5 heterocycles. The van der Waals surface area contributed by atoms with Crippen molar-refractivity contribution >= 4 is 28.7 Å². The van der Waals surface area contributed by atoms with Crippen molar-refractivity contribution in [2.24, 2.45) is 0 Å². The third-order valence-corrected chi connectivity index (χ3v) is 7.43. The molecule has 10 nitrogen and oxygen atoms in total. The molecule has 0 unspecified atom stereocenters. The largest absolute Gasteiger partial charge is 0.367 e. The molecule has 0 N–H and O–H groups in total. The first kappa shape index (κ1) is 23.2. The molecule has 1 saturated heterocycles. The second-order valence-electron chi connectivity index (χ2n) is 9.78. The monoisotopic (exact) mass is 498 g/mol. The molecule has 3 aromatic heterocycles. The van der Waals surface area contributed by atoms with Crippen molar-refractivity contribution in [3.8, 4) is 0 Å². The van der Waals surface area contributed by atoms with Crippen LogP contribution < -0.4 is 4.90 Å². The molecule has 10 heteroatoms. The van der Waals surface area contributed by atoms with Crippen LogP contribution in [0.2, 0.25) is 0 Å². The van der Waals surface area contributed by atoms with Crippen LogP contribution in [0, 0.1) is 0 Å². The van der Waals surface area contributed by atoms with Crippen molar-refractivity contribution in [2.75, 3.05) is 31.1 Å². The van der Waals surface area contributed by atoms with Crippen LogP contribution in [0.5, 0.6) is 0 Å². The number of anilines is 1. The molecule has 0 aliphatic carbocycles. The Balaban J connectivity index is 1.14. The molecular weight excluding hydrogens is 468 g/mol. The number of fused-ring (bicyclic) bond motifs is 2. The first-order valence-electron chi connectivity index (χ1n) is 12.7. The Morgan fingerprint density at radius 3 is 2.73 bits per heavy atom. The first-order chi connectivity index (χ1) is 18.1. The van der Waals surface area contributed by atoms with Crippen LogP contribution in [0.25, 0.3) is 11.2 Å². The summed E-state index contributed by atoms with van der Waals surface area (Å²) in [5.74, 6) is 0.150. The SMILES string of the molecule is C[C@@H]1CN(c2cccc3c2CN(C(=O)Cn2cccn2)CC3)CCN1C(=O)Cn1cnc2cccnc21. The molecule has 4 aromatic rings. The number of nitrogens with zero attached hydrogens (tertiary/aromatic N) is 8. The summed E-state index contributed by atoms with van der Waals surface area (Å²) in [5.41, 5.74) is 5.19. The number of aromatic nitrogens is 5. The average Bonchev–Trinajstić information content (AvgIpc) is 3.58. The van der Waals surface area contributed by atoms with E-state index >= 15 is 0 Å². The fourth-order valence-electron chi connectivity index (χ4n) is 5.50. The maximum atomic E-state index is 13.2. The van der Waals surface area contributed by atoms with Crippen molar-refractivity contribution < 1.29 is 9.59 Å². The fraction of sp³-hybridized carbons (Fsp3) is 0.370. The van der Waals surface area contributed by atoms with Crippen LogP contribution in [-0.4, -0.2) is 78.2 Å². The zero-order valence-electron chi connectivity index (χ0n) is 20.9. The van der Waals surface area contributed by atoms with Gasteiger partial charge in [0, 0.05) is 63.0 Å². The summed E-state index contributed by atoms with van der Waals surface area (Å²) in [6, 6.07) is 12.1. The number of benzene rings is 1. The lowest BCUT2D eigenvalue weighted by molar-refractivity contribution is -0.134. The van der Waals surface area contributed by atoms with Gasteiger partial charge in [0.05, 0.1) is 6.33 Å². The number of hydrogen-bond donors (Lipinski definition) is 0. The van der Waals surface area contributed by atoms with Crippen LogP contribution in [0.15, 0.2) is 61.3 Å². The van der Waals surface area contributed by atoms with Crippen molar-refractivity contribution in [3.63, 3.8) is 0 Å². The minimum atomic E-state index is 0.0565. The van der Waals surface area contributed by atoms with Gasteiger partial charge in [-0.3, -0.25) is 14.3 Å². The summed E-state index contributed by atoms with van der Waals surface area (Å²) in [4.78, 5) is 41.2. The molecule has 1 aromatic carbocycles. The zero-order chi connectivity index (χ0) is 25.4. The van der Waals surface area contributed by atoms with E-state index in [1.807, 2.05) is 38.8 Å². The Morgan fingerprint density at radius 1 is 0.973 bits per heavy atom. The minimum Gasteiger partial charge on any atom is -0.367 e. The summed E-state index contributed by atoms with van der Waals surface area (Å²) in [6.07, 6.45) is 7.76. The first-order valence-corrected chi connectivity index (χ1v) is 12.7. The molecule has 2 aliphatic heterocycles. The lowest BCUT2D eigenvalue weighted by atomic mass is 9.96. The Bertz CT molecular complexity index is 1430. The maximum Gasteiger partial charge on any atom is 0.244 e. The number of amides is 2. The second kappa shape index (κ2) is 9.68. The smallest absolute Gasteiger partial charge is 0.244 e. The van der Waals surface area contributed by atoms with Crippen molar-refractivity contribution in [1.29, 1.82) is 0 Å². The van der Waals surface area contributed by atoms with E-state index in [1.54, 1.807) is 23.4 Å². The van der Waals surface area contributed by atoms with Gasteiger partial charge >= 0.3 is 0 Å². The van der Waals surface area contributed by atoms with Crippen LogP contribution >= 0.6 is 0 Å². The quantitative estimate of drug-likeness (QED) is 0.418. The number of pyridine rings is 1. The number of imidazole rings is 1. The van der Waals surface area contributed by atoms with Gasteiger partial charge in [-0.25, -0.2) is 9.97 Å². The van der Waals surface area contributed by atoms with E-state index in [4.69, 9.17) is 0 Å². The van der Waals surface area contributed by atoms with Crippen molar-refractivity contribution in [2.45, 2.75) is 39.0 Å². The molecule has 190 valence electrons. The van der Waals surface area contributed by atoms with Gasteiger partial charge < -0.3 is 19.3 Å². The van der Waals surface area contributed by atoms with E-state index in [9.17, 15) is 9.59 Å². The van der Waals surface area contributed by atoms with Gasteiger partial charge in [-0.2, -0.15) is 5.10 Å². The van der Waals surface area contributed by atoms with Crippen molar-refractivity contribution in [1.82, 2.24) is 34.1 Å². The maximum absolute atomic E-state index is 13.2. The van der Waals surface area contributed by atoms with Gasteiger partial charge in [0.1, 0.15) is 18.6 Å². The molecular formula is C27H30N8O2. The number of rotatable bonds is 5. The van der Waals surface area contributed by atoms with E-state index in [2.05, 4.69) is 45.1 Å². The van der Waals surface area contributed by atoms with Gasteiger partial charge in [0.2, 0.25) is 11.8 Å². The van der Waals surface area contributed by atoms with E-state index in [0.717, 1.165) is 36.4 Å². The third kappa shape index (κ3) is 4.54. The normalized spacial score (nSPS) is 17.8. The van der Waals surface area contributed by atoms with E-state index in [1.165, 1.54) is 11.1 Å². The predicted octanol–water partition coefficient (Wildman–Crippen LogP) is 1.95. The molecule has 1 fully saturated rings. The van der Waals surface area contributed by atoms with E-state index in [-0.39, 0.29) is 30.9 Å². The molecule has 0 bridgehead atoms. The lowest BCUT2D eigenvalue weighted by Gasteiger charge is -2.42. The highest BCUT2D eigenvalue weighted by Gasteiger charge is 2.31. The summed E-state index contributed by atoms with van der Waals surface area (Å²) in [7, 11) is 0. The van der Waals surface area contributed by atoms with Crippen molar-refractivity contribution in [3.05, 3.63) is 72.4 Å². The number of hydrogen-bond acceptors (Lipinski definition) is 6. The molecule has 0 saturated carbocycles. The summed E-state index contributed by atoms with van der Waals surface area (Å²) in [6.45, 7) is 6.03. The highest BCUT2D eigenvalue weighted by Crippen LogP contribution is 2.31. The highest BCUT2D eigenvalue weighted by molar-refractivity contribution is 5.80.